The molecule has 3 unspecified atom stereocenters. The fourth-order valence-corrected chi connectivity index (χ4v) is 2.90. The highest BCUT2D eigenvalue weighted by molar-refractivity contribution is 4.82. The highest BCUT2D eigenvalue weighted by atomic mass is 19.4. The Bertz CT molecular complexity index is 266. The van der Waals surface area contributed by atoms with Gasteiger partial charge in [-0.05, 0) is 44.7 Å². The van der Waals surface area contributed by atoms with Crippen LogP contribution in [0, 0.1) is 17.8 Å². The summed E-state index contributed by atoms with van der Waals surface area (Å²) >= 11 is 0. The van der Waals surface area contributed by atoms with Gasteiger partial charge in [-0.25, -0.2) is 0 Å². The van der Waals surface area contributed by atoms with Crippen molar-refractivity contribution in [1.82, 2.24) is 10.6 Å². The fraction of sp³-hybridized carbons (Fsp3) is 1.00. The first-order valence-corrected chi connectivity index (χ1v) is 7.81. The Morgan fingerprint density at radius 2 is 1.70 bits per heavy atom. The zero-order valence-electron chi connectivity index (χ0n) is 12.9. The number of halogens is 3. The quantitative estimate of drug-likeness (QED) is 0.750. The van der Waals surface area contributed by atoms with Crippen molar-refractivity contribution in [1.29, 1.82) is 0 Å². The molecule has 1 rings (SSSR count). The minimum atomic E-state index is -4.04. The number of alkyl halides is 3. The summed E-state index contributed by atoms with van der Waals surface area (Å²) in [7, 11) is 0. The van der Waals surface area contributed by atoms with Crippen molar-refractivity contribution in [3.05, 3.63) is 0 Å². The van der Waals surface area contributed by atoms with E-state index in [1.165, 1.54) is 0 Å². The van der Waals surface area contributed by atoms with Crippen molar-refractivity contribution in [2.75, 3.05) is 19.6 Å². The van der Waals surface area contributed by atoms with Gasteiger partial charge in [0.25, 0.3) is 0 Å². The van der Waals surface area contributed by atoms with E-state index in [9.17, 15) is 13.2 Å². The largest absolute Gasteiger partial charge is 0.392 e. The first kappa shape index (κ1) is 17.8. The zero-order valence-corrected chi connectivity index (χ0v) is 12.9. The fourth-order valence-electron chi connectivity index (χ4n) is 2.90. The van der Waals surface area contributed by atoms with Crippen molar-refractivity contribution in [3.63, 3.8) is 0 Å². The van der Waals surface area contributed by atoms with Gasteiger partial charge >= 0.3 is 6.18 Å². The van der Waals surface area contributed by atoms with Crippen LogP contribution in [-0.2, 0) is 0 Å². The lowest BCUT2D eigenvalue weighted by atomic mass is 9.78. The lowest BCUT2D eigenvalue weighted by Gasteiger charge is -2.34. The normalized spacial score (nSPS) is 25.9. The Hall–Kier alpha value is -0.290. The molecule has 1 aliphatic carbocycles. The van der Waals surface area contributed by atoms with E-state index in [2.05, 4.69) is 24.5 Å². The van der Waals surface area contributed by atoms with Crippen LogP contribution in [0.15, 0.2) is 0 Å². The van der Waals surface area contributed by atoms with Gasteiger partial charge in [-0.3, -0.25) is 0 Å². The van der Waals surface area contributed by atoms with E-state index in [0.717, 1.165) is 19.5 Å². The maximum atomic E-state index is 13.0. The third kappa shape index (κ3) is 6.44. The van der Waals surface area contributed by atoms with Crippen LogP contribution in [0.25, 0.3) is 0 Å². The van der Waals surface area contributed by atoms with Gasteiger partial charge in [-0.2, -0.15) is 13.2 Å². The summed E-state index contributed by atoms with van der Waals surface area (Å²) in [5, 5.41) is 6.59. The molecule has 0 spiro atoms. The van der Waals surface area contributed by atoms with E-state index in [1.807, 2.05) is 6.92 Å². The minimum Gasteiger partial charge on any atom is -0.315 e. The number of nitrogens with one attached hydrogen (secondary N) is 2. The van der Waals surface area contributed by atoms with Gasteiger partial charge in [-0.1, -0.05) is 26.7 Å². The SMILES string of the molecule is CC(C)CNCC(C)NCC1CCCCC1C(F)(F)F. The highest BCUT2D eigenvalue weighted by Crippen LogP contribution is 2.41. The van der Waals surface area contributed by atoms with E-state index >= 15 is 0 Å². The summed E-state index contributed by atoms with van der Waals surface area (Å²) in [4.78, 5) is 0. The second-order valence-corrected chi connectivity index (χ2v) is 6.55. The van der Waals surface area contributed by atoms with Gasteiger partial charge in [0.15, 0.2) is 0 Å². The lowest BCUT2D eigenvalue weighted by molar-refractivity contribution is -0.195. The number of hydrogen-bond acceptors (Lipinski definition) is 2. The molecule has 2 nitrogen and oxygen atoms in total. The van der Waals surface area contributed by atoms with Crippen LogP contribution in [-0.4, -0.2) is 31.9 Å². The molecular formula is C15H29F3N2. The topological polar surface area (TPSA) is 24.1 Å². The molecule has 1 fully saturated rings. The first-order chi connectivity index (χ1) is 9.30. The molecule has 0 heterocycles. The summed E-state index contributed by atoms with van der Waals surface area (Å²) in [6.07, 6.45) is -1.39. The molecule has 1 aliphatic rings. The molecule has 0 saturated heterocycles. The molecule has 5 heteroatoms. The van der Waals surface area contributed by atoms with E-state index in [1.54, 1.807) is 0 Å². The molecule has 2 N–H and O–H groups in total. The Labute approximate surface area is 120 Å². The highest BCUT2D eigenvalue weighted by Gasteiger charge is 2.45. The molecular weight excluding hydrogens is 265 g/mol. The summed E-state index contributed by atoms with van der Waals surface area (Å²) in [5.74, 6) is -0.772. The molecule has 0 aromatic heterocycles. The zero-order chi connectivity index (χ0) is 15.2. The van der Waals surface area contributed by atoms with E-state index < -0.39 is 12.1 Å². The van der Waals surface area contributed by atoms with Crippen LogP contribution in [0.2, 0.25) is 0 Å². The molecule has 0 bridgehead atoms. The number of rotatable bonds is 7. The second kappa shape index (κ2) is 8.23. The van der Waals surface area contributed by atoms with Crippen molar-refractivity contribution >= 4 is 0 Å². The average Bonchev–Trinajstić information content (AvgIpc) is 2.35. The molecule has 0 radical (unpaired) electrons. The maximum absolute atomic E-state index is 13.0. The molecule has 120 valence electrons. The van der Waals surface area contributed by atoms with Gasteiger partial charge in [0.05, 0.1) is 5.92 Å². The Morgan fingerprint density at radius 3 is 2.30 bits per heavy atom. The number of hydrogen-bond donors (Lipinski definition) is 2. The van der Waals surface area contributed by atoms with Crippen molar-refractivity contribution in [3.8, 4) is 0 Å². The molecule has 0 amide bonds. The minimum absolute atomic E-state index is 0.213. The van der Waals surface area contributed by atoms with Gasteiger partial charge in [-0.15, -0.1) is 0 Å². The van der Waals surface area contributed by atoms with E-state index in [0.29, 0.717) is 31.7 Å². The predicted octanol–water partition coefficient (Wildman–Crippen LogP) is 3.58. The monoisotopic (exact) mass is 294 g/mol. The van der Waals surface area contributed by atoms with Crippen LogP contribution in [0.1, 0.15) is 46.5 Å². The van der Waals surface area contributed by atoms with Crippen LogP contribution in [0.3, 0.4) is 0 Å². The van der Waals surface area contributed by atoms with Gasteiger partial charge in [0, 0.05) is 12.6 Å². The van der Waals surface area contributed by atoms with Gasteiger partial charge in [0.2, 0.25) is 0 Å². The molecule has 20 heavy (non-hydrogen) atoms. The predicted molar refractivity (Wildman–Crippen MR) is 76.7 cm³/mol. The van der Waals surface area contributed by atoms with Crippen LogP contribution in [0.5, 0.6) is 0 Å². The van der Waals surface area contributed by atoms with Crippen molar-refractivity contribution in [2.24, 2.45) is 17.8 Å². The van der Waals surface area contributed by atoms with Crippen LogP contribution in [0.4, 0.5) is 13.2 Å². The summed E-state index contributed by atoms with van der Waals surface area (Å²) in [6, 6.07) is 0.213. The Balaban J connectivity index is 2.31. The van der Waals surface area contributed by atoms with Crippen molar-refractivity contribution < 1.29 is 13.2 Å². The third-order valence-corrected chi connectivity index (χ3v) is 4.06. The Morgan fingerprint density at radius 1 is 1.05 bits per heavy atom. The second-order valence-electron chi connectivity index (χ2n) is 6.55. The molecule has 0 aromatic rings. The van der Waals surface area contributed by atoms with E-state index in [4.69, 9.17) is 0 Å². The molecule has 0 aliphatic heterocycles. The maximum Gasteiger partial charge on any atom is 0.392 e. The summed E-state index contributed by atoms with van der Waals surface area (Å²) in [6.45, 7) is 8.54. The van der Waals surface area contributed by atoms with Crippen molar-refractivity contribution in [2.45, 2.75) is 58.7 Å². The van der Waals surface area contributed by atoms with Crippen LogP contribution < -0.4 is 10.6 Å². The molecule has 0 aromatic carbocycles. The lowest BCUT2D eigenvalue weighted by Crippen LogP contribution is -2.44. The van der Waals surface area contributed by atoms with Crippen LogP contribution >= 0.6 is 0 Å². The molecule has 1 saturated carbocycles. The first-order valence-electron chi connectivity index (χ1n) is 7.81. The van der Waals surface area contributed by atoms with Gasteiger partial charge < -0.3 is 10.6 Å². The smallest absolute Gasteiger partial charge is 0.315 e. The average molecular weight is 294 g/mol. The van der Waals surface area contributed by atoms with Gasteiger partial charge in [0.1, 0.15) is 0 Å². The summed E-state index contributed by atoms with van der Waals surface area (Å²) < 4.78 is 38.9. The standard InChI is InChI=1S/C15H29F3N2/c1-11(2)8-19-9-12(3)20-10-13-6-4-5-7-14(13)15(16,17)18/h11-14,19-20H,4-10H2,1-3H3. The Kier molecular flexibility index (Phi) is 7.30. The third-order valence-electron chi connectivity index (χ3n) is 4.06. The van der Waals surface area contributed by atoms with E-state index in [-0.39, 0.29) is 12.0 Å². The molecule has 3 atom stereocenters. The summed E-state index contributed by atoms with van der Waals surface area (Å²) in [5.41, 5.74) is 0.